The van der Waals surface area contributed by atoms with Crippen LogP contribution in [0.15, 0.2) is 30.9 Å². The van der Waals surface area contributed by atoms with E-state index in [1.165, 1.54) is 0 Å². The van der Waals surface area contributed by atoms with Crippen LogP contribution >= 0.6 is 0 Å². The molecule has 26 heavy (non-hydrogen) atoms. The standard InChI is InChI=1S/C14H7F7N4O/c15-9-1-7(2-23-11(9)26-6-13(16,17)18)10-5-25-8(3-22-10)4-24-12(25)14(19,20)21/h1-5H,6H2. The van der Waals surface area contributed by atoms with E-state index in [1.807, 2.05) is 0 Å². The lowest BCUT2D eigenvalue weighted by Gasteiger charge is -2.10. The first-order valence-corrected chi connectivity index (χ1v) is 6.80. The zero-order valence-corrected chi connectivity index (χ0v) is 12.4. The van der Waals surface area contributed by atoms with Crippen LogP contribution in [0.3, 0.4) is 0 Å². The Labute approximate surface area is 140 Å². The average Bonchev–Trinajstić information content (AvgIpc) is 2.96. The van der Waals surface area contributed by atoms with Gasteiger partial charge in [-0.1, -0.05) is 0 Å². The van der Waals surface area contributed by atoms with Gasteiger partial charge in [0, 0.05) is 18.0 Å². The molecule has 0 aliphatic heterocycles. The fraction of sp³-hybridized carbons (Fsp3) is 0.214. The van der Waals surface area contributed by atoms with Crippen LogP contribution in [-0.2, 0) is 6.18 Å². The highest BCUT2D eigenvalue weighted by Gasteiger charge is 2.36. The normalized spacial score (nSPS) is 12.6. The molecule has 0 aromatic carbocycles. The molecule has 0 spiro atoms. The Balaban J connectivity index is 1.95. The van der Waals surface area contributed by atoms with E-state index < -0.39 is 36.5 Å². The number of ether oxygens (including phenoxy) is 1. The molecule has 0 aliphatic rings. The summed E-state index contributed by atoms with van der Waals surface area (Å²) in [5, 5.41) is 0. The molecule has 0 saturated heterocycles. The largest absolute Gasteiger partial charge is 0.466 e. The molecule has 0 aliphatic carbocycles. The van der Waals surface area contributed by atoms with Gasteiger partial charge in [0.25, 0.3) is 5.88 Å². The number of pyridine rings is 1. The molecule has 0 atom stereocenters. The molecule has 0 amide bonds. The van der Waals surface area contributed by atoms with Gasteiger partial charge in [-0.3, -0.25) is 9.38 Å². The van der Waals surface area contributed by atoms with Gasteiger partial charge in [-0.2, -0.15) is 26.3 Å². The van der Waals surface area contributed by atoms with Gasteiger partial charge < -0.3 is 4.74 Å². The molecule has 3 heterocycles. The predicted octanol–water partition coefficient (Wildman–Crippen LogP) is 3.89. The molecule has 5 nitrogen and oxygen atoms in total. The lowest BCUT2D eigenvalue weighted by molar-refractivity contribution is -0.154. The molecular weight excluding hydrogens is 373 g/mol. The van der Waals surface area contributed by atoms with Gasteiger partial charge in [0.1, 0.15) is 0 Å². The molecule has 138 valence electrons. The smallest absolute Gasteiger partial charge is 0.450 e. The Morgan fingerprint density at radius 3 is 2.27 bits per heavy atom. The second kappa shape index (κ2) is 6.11. The molecule has 3 aromatic heterocycles. The molecule has 0 N–H and O–H groups in total. The highest BCUT2D eigenvalue weighted by molar-refractivity contribution is 5.60. The number of halogens is 7. The molecule has 0 fully saturated rings. The molecule has 0 saturated carbocycles. The summed E-state index contributed by atoms with van der Waals surface area (Å²) < 4.78 is 93.7. The quantitative estimate of drug-likeness (QED) is 0.647. The third kappa shape index (κ3) is 3.68. The van der Waals surface area contributed by atoms with Gasteiger partial charge >= 0.3 is 12.4 Å². The molecular formula is C14H7F7N4O. The van der Waals surface area contributed by atoms with Crippen LogP contribution in [0.25, 0.3) is 16.8 Å². The summed E-state index contributed by atoms with van der Waals surface area (Å²) in [5.41, 5.74) is -0.0833. The van der Waals surface area contributed by atoms with Crippen molar-refractivity contribution in [2.24, 2.45) is 0 Å². The Bertz CT molecular complexity index is 949. The van der Waals surface area contributed by atoms with Gasteiger partial charge in [0.05, 0.1) is 23.6 Å². The zero-order valence-electron chi connectivity index (χ0n) is 12.4. The summed E-state index contributed by atoms with van der Waals surface area (Å²) in [6, 6.07) is 0.761. The summed E-state index contributed by atoms with van der Waals surface area (Å²) in [4.78, 5) is 10.5. The number of rotatable bonds is 3. The SMILES string of the molecule is Fc1cc(-c2cn3c(C(F)(F)F)ncc3cn2)cnc1OCC(F)(F)F. The number of hydrogen-bond acceptors (Lipinski definition) is 4. The number of imidazole rings is 1. The minimum absolute atomic E-state index is 0.0504. The van der Waals surface area contributed by atoms with Gasteiger partial charge in [-0.15, -0.1) is 0 Å². The lowest BCUT2D eigenvalue weighted by Crippen LogP contribution is -2.20. The van der Waals surface area contributed by atoms with Crippen molar-refractivity contribution in [3.05, 3.63) is 42.5 Å². The van der Waals surface area contributed by atoms with E-state index in [4.69, 9.17) is 0 Å². The Morgan fingerprint density at radius 1 is 0.962 bits per heavy atom. The topological polar surface area (TPSA) is 52.3 Å². The summed E-state index contributed by atoms with van der Waals surface area (Å²) in [6.45, 7) is -1.73. The Morgan fingerprint density at radius 2 is 1.65 bits per heavy atom. The van der Waals surface area contributed by atoms with Crippen LogP contribution < -0.4 is 4.74 Å². The summed E-state index contributed by atoms with van der Waals surface area (Å²) >= 11 is 0. The van der Waals surface area contributed by atoms with Crippen molar-refractivity contribution in [2.45, 2.75) is 12.4 Å². The van der Waals surface area contributed by atoms with Crippen LogP contribution in [0.1, 0.15) is 5.82 Å². The number of fused-ring (bicyclic) bond motifs is 1. The van der Waals surface area contributed by atoms with E-state index in [2.05, 4.69) is 19.7 Å². The monoisotopic (exact) mass is 380 g/mol. The summed E-state index contributed by atoms with van der Waals surface area (Å²) in [7, 11) is 0. The Kier molecular flexibility index (Phi) is 4.20. The van der Waals surface area contributed by atoms with Crippen LogP contribution in [0.5, 0.6) is 5.88 Å². The van der Waals surface area contributed by atoms with Crippen LogP contribution in [0, 0.1) is 5.82 Å². The summed E-state index contributed by atoms with van der Waals surface area (Å²) in [5.74, 6) is -3.30. The van der Waals surface area contributed by atoms with Crippen molar-refractivity contribution in [2.75, 3.05) is 6.61 Å². The number of alkyl halides is 6. The average molecular weight is 380 g/mol. The minimum atomic E-state index is -4.72. The second-order valence-corrected chi connectivity index (χ2v) is 5.06. The molecule has 0 radical (unpaired) electrons. The highest BCUT2D eigenvalue weighted by Crippen LogP contribution is 2.30. The third-order valence-electron chi connectivity index (χ3n) is 3.14. The Hall–Kier alpha value is -2.92. The van der Waals surface area contributed by atoms with Crippen molar-refractivity contribution in [3.8, 4) is 17.1 Å². The van der Waals surface area contributed by atoms with E-state index in [1.54, 1.807) is 0 Å². The molecule has 12 heteroatoms. The second-order valence-electron chi connectivity index (χ2n) is 5.06. The van der Waals surface area contributed by atoms with E-state index in [-0.39, 0.29) is 16.8 Å². The maximum absolute atomic E-state index is 13.9. The van der Waals surface area contributed by atoms with Crippen molar-refractivity contribution >= 4 is 5.52 Å². The van der Waals surface area contributed by atoms with Gasteiger partial charge in [-0.25, -0.2) is 14.4 Å². The minimum Gasteiger partial charge on any atom is -0.466 e. The molecule has 3 rings (SSSR count). The maximum atomic E-state index is 13.9. The van der Waals surface area contributed by atoms with Gasteiger partial charge in [0.2, 0.25) is 5.82 Å². The lowest BCUT2D eigenvalue weighted by atomic mass is 10.2. The molecule has 0 unspecified atom stereocenters. The van der Waals surface area contributed by atoms with E-state index in [9.17, 15) is 30.7 Å². The van der Waals surface area contributed by atoms with E-state index >= 15 is 0 Å². The first-order valence-electron chi connectivity index (χ1n) is 6.80. The molecule has 0 bridgehead atoms. The fourth-order valence-corrected chi connectivity index (χ4v) is 2.08. The first-order chi connectivity index (χ1) is 12.0. The zero-order chi connectivity index (χ0) is 19.1. The van der Waals surface area contributed by atoms with Crippen molar-refractivity contribution < 1.29 is 35.5 Å². The van der Waals surface area contributed by atoms with Gasteiger partial charge in [-0.05, 0) is 6.07 Å². The van der Waals surface area contributed by atoms with Crippen molar-refractivity contribution in [1.29, 1.82) is 0 Å². The summed E-state index contributed by atoms with van der Waals surface area (Å²) in [6.07, 6.45) is -5.43. The highest BCUT2D eigenvalue weighted by atomic mass is 19.4. The van der Waals surface area contributed by atoms with Crippen LogP contribution in [0.2, 0.25) is 0 Å². The first kappa shape index (κ1) is 17.9. The van der Waals surface area contributed by atoms with Gasteiger partial charge in [0.15, 0.2) is 12.4 Å². The number of nitrogens with zero attached hydrogens (tertiary/aromatic N) is 4. The predicted molar refractivity (Wildman–Crippen MR) is 72.7 cm³/mol. The number of hydrogen-bond donors (Lipinski definition) is 0. The molecule has 3 aromatic rings. The van der Waals surface area contributed by atoms with Crippen LogP contribution in [0.4, 0.5) is 30.7 Å². The van der Waals surface area contributed by atoms with E-state index in [0.29, 0.717) is 4.40 Å². The van der Waals surface area contributed by atoms with E-state index in [0.717, 1.165) is 30.9 Å². The fourth-order valence-electron chi connectivity index (χ4n) is 2.08. The third-order valence-corrected chi connectivity index (χ3v) is 3.14. The number of aromatic nitrogens is 4. The van der Waals surface area contributed by atoms with Crippen molar-refractivity contribution in [1.82, 2.24) is 19.4 Å². The van der Waals surface area contributed by atoms with Crippen LogP contribution in [-0.4, -0.2) is 32.1 Å². The maximum Gasteiger partial charge on any atom is 0.450 e. The van der Waals surface area contributed by atoms with Crippen molar-refractivity contribution in [3.63, 3.8) is 0 Å².